The number of rotatable bonds is 8. The van der Waals surface area contributed by atoms with E-state index < -0.39 is 21.5 Å². The molecule has 0 radical (unpaired) electrons. The summed E-state index contributed by atoms with van der Waals surface area (Å²) < 4.78 is 55.2. The molecule has 3 aromatic carbocycles. The summed E-state index contributed by atoms with van der Waals surface area (Å²) in [7, 11) is -1.76. The van der Waals surface area contributed by atoms with E-state index in [-0.39, 0.29) is 5.56 Å². The van der Waals surface area contributed by atoms with E-state index in [4.69, 9.17) is 0 Å². The molecule has 198 valence electrons. The lowest BCUT2D eigenvalue weighted by Crippen LogP contribution is -2.27. The third-order valence-electron chi connectivity index (χ3n) is 6.79. The van der Waals surface area contributed by atoms with Gasteiger partial charge in [-0.1, -0.05) is 36.0 Å². The average molecular weight is 555 g/mol. The first kappa shape index (κ1) is 26.5. The Morgan fingerprint density at radius 3 is 2.42 bits per heavy atom. The van der Waals surface area contributed by atoms with E-state index in [9.17, 15) is 17.2 Å². The van der Waals surface area contributed by atoms with Gasteiger partial charge in [0.2, 0.25) is 9.84 Å². The van der Waals surface area contributed by atoms with Gasteiger partial charge in [0, 0.05) is 32.0 Å². The monoisotopic (exact) mass is 554 g/mol. The zero-order chi connectivity index (χ0) is 26.7. The van der Waals surface area contributed by atoms with Crippen LogP contribution in [0.4, 0.5) is 8.78 Å². The van der Waals surface area contributed by atoms with Crippen LogP contribution in [0.15, 0.2) is 81.7 Å². The standard InChI is InChI=1S/C28H28F2N4O2S2/c1-33-27(25-11-9-22(29)19-26(25)30)31-32-28(33)37-17-5-14-34-15-12-20-8-10-24(18-21(20)13-16-34)38(35,36)23-6-3-2-4-7-23/h2-4,6-11,18-19H,5,12-17H2,1H3. The van der Waals surface area contributed by atoms with Crippen molar-refractivity contribution in [3.05, 3.63) is 89.5 Å². The van der Waals surface area contributed by atoms with Crippen LogP contribution in [-0.2, 0) is 29.7 Å². The smallest absolute Gasteiger partial charge is 0.206 e. The highest BCUT2D eigenvalue weighted by atomic mass is 32.2. The number of fused-ring (bicyclic) bond motifs is 1. The number of aromatic nitrogens is 3. The van der Waals surface area contributed by atoms with E-state index in [1.807, 2.05) is 18.2 Å². The van der Waals surface area contributed by atoms with Gasteiger partial charge in [-0.05, 0) is 73.3 Å². The Bertz CT molecular complexity index is 1540. The highest BCUT2D eigenvalue weighted by Gasteiger charge is 2.21. The van der Waals surface area contributed by atoms with Crippen molar-refractivity contribution in [2.75, 3.05) is 25.4 Å². The fraction of sp³-hybridized carbons (Fsp3) is 0.286. The summed E-state index contributed by atoms with van der Waals surface area (Å²) in [5.74, 6) is -0.106. The number of thioether (sulfide) groups is 1. The third kappa shape index (κ3) is 5.67. The molecule has 0 bridgehead atoms. The number of halogens is 2. The van der Waals surface area contributed by atoms with Gasteiger partial charge in [0.25, 0.3) is 0 Å². The molecule has 38 heavy (non-hydrogen) atoms. The molecule has 1 aromatic heterocycles. The average Bonchev–Trinajstić information content (AvgIpc) is 3.14. The number of nitrogens with zero attached hydrogens (tertiary/aromatic N) is 4. The second-order valence-electron chi connectivity index (χ2n) is 9.28. The Balaban J connectivity index is 1.15. The molecule has 0 saturated heterocycles. The summed E-state index contributed by atoms with van der Waals surface area (Å²) in [5.41, 5.74) is 2.52. The fourth-order valence-electron chi connectivity index (χ4n) is 4.67. The van der Waals surface area contributed by atoms with Crippen LogP contribution in [-0.4, -0.2) is 53.5 Å². The number of hydrogen-bond acceptors (Lipinski definition) is 6. The summed E-state index contributed by atoms with van der Waals surface area (Å²) in [6.45, 7) is 2.69. The molecular formula is C28H28F2N4O2S2. The maximum absolute atomic E-state index is 14.2. The fourth-order valence-corrected chi connectivity index (χ4v) is 6.84. The predicted molar refractivity (Wildman–Crippen MR) is 144 cm³/mol. The van der Waals surface area contributed by atoms with Crippen LogP contribution in [0, 0.1) is 11.6 Å². The van der Waals surface area contributed by atoms with Gasteiger partial charge >= 0.3 is 0 Å². The molecule has 0 fully saturated rings. The second-order valence-corrected chi connectivity index (χ2v) is 12.3. The van der Waals surface area contributed by atoms with Crippen LogP contribution in [0.5, 0.6) is 0 Å². The van der Waals surface area contributed by atoms with Gasteiger partial charge in [0.05, 0.1) is 15.4 Å². The van der Waals surface area contributed by atoms with E-state index in [2.05, 4.69) is 15.1 Å². The number of hydrogen-bond donors (Lipinski definition) is 0. The lowest BCUT2D eigenvalue weighted by molar-refractivity contribution is 0.289. The van der Waals surface area contributed by atoms with Crippen LogP contribution in [0.2, 0.25) is 0 Å². The minimum atomic E-state index is -3.53. The molecule has 6 nitrogen and oxygen atoms in total. The molecule has 10 heteroatoms. The second kappa shape index (κ2) is 11.3. The molecule has 1 aliphatic heterocycles. The van der Waals surface area contributed by atoms with E-state index in [0.29, 0.717) is 20.8 Å². The summed E-state index contributed by atoms with van der Waals surface area (Å²) in [5, 5.41) is 8.97. The van der Waals surface area contributed by atoms with Gasteiger partial charge in [0.1, 0.15) is 11.6 Å². The Hall–Kier alpha value is -3.08. The highest BCUT2D eigenvalue weighted by Crippen LogP contribution is 2.27. The van der Waals surface area contributed by atoms with Crippen molar-refractivity contribution in [2.45, 2.75) is 34.2 Å². The molecule has 0 spiro atoms. The van der Waals surface area contributed by atoms with Gasteiger partial charge < -0.3 is 9.47 Å². The third-order valence-corrected chi connectivity index (χ3v) is 9.67. The predicted octanol–water partition coefficient (Wildman–Crippen LogP) is 5.18. The highest BCUT2D eigenvalue weighted by molar-refractivity contribution is 7.99. The summed E-state index contributed by atoms with van der Waals surface area (Å²) in [4.78, 5) is 3.06. The molecule has 0 saturated carbocycles. The van der Waals surface area contributed by atoms with E-state index in [1.54, 1.807) is 53.7 Å². The lowest BCUT2D eigenvalue weighted by atomic mass is 10.0. The zero-order valence-electron chi connectivity index (χ0n) is 21.0. The van der Waals surface area contributed by atoms with Crippen molar-refractivity contribution in [3.63, 3.8) is 0 Å². The van der Waals surface area contributed by atoms with Crippen molar-refractivity contribution in [1.82, 2.24) is 19.7 Å². The van der Waals surface area contributed by atoms with E-state index in [1.165, 1.54) is 17.7 Å². The van der Waals surface area contributed by atoms with Crippen LogP contribution < -0.4 is 0 Å². The van der Waals surface area contributed by atoms with Gasteiger partial charge in [-0.25, -0.2) is 17.2 Å². The number of benzene rings is 3. The molecular weight excluding hydrogens is 526 g/mol. The molecule has 0 N–H and O–H groups in total. The zero-order valence-corrected chi connectivity index (χ0v) is 22.6. The molecule has 5 rings (SSSR count). The van der Waals surface area contributed by atoms with Crippen molar-refractivity contribution in [3.8, 4) is 11.4 Å². The van der Waals surface area contributed by atoms with Gasteiger partial charge in [-0.3, -0.25) is 0 Å². The van der Waals surface area contributed by atoms with Crippen LogP contribution >= 0.6 is 11.8 Å². The normalized spacial score (nSPS) is 14.3. The van der Waals surface area contributed by atoms with E-state index >= 15 is 0 Å². The molecule has 1 aliphatic rings. The van der Waals surface area contributed by atoms with Gasteiger partial charge in [-0.15, -0.1) is 10.2 Å². The van der Waals surface area contributed by atoms with E-state index in [0.717, 1.165) is 56.3 Å². The molecule has 0 unspecified atom stereocenters. The molecule has 4 aromatic rings. The first-order valence-electron chi connectivity index (χ1n) is 12.4. The SMILES string of the molecule is Cn1c(SCCCN2CCc3ccc(S(=O)(=O)c4ccccc4)cc3CC2)nnc1-c1ccc(F)cc1F. The minimum Gasteiger partial charge on any atom is -0.305 e. The van der Waals surface area contributed by atoms with Crippen LogP contribution in [0.1, 0.15) is 17.5 Å². The van der Waals surface area contributed by atoms with Crippen molar-refractivity contribution in [1.29, 1.82) is 0 Å². The maximum atomic E-state index is 14.2. The Morgan fingerprint density at radius 2 is 1.66 bits per heavy atom. The first-order chi connectivity index (χ1) is 18.3. The molecule has 0 atom stereocenters. The topological polar surface area (TPSA) is 68.1 Å². The molecule has 0 aliphatic carbocycles. The van der Waals surface area contributed by atoms with Crippen molar-refractivity contribution in [2.24, 2.45) is 7.05 Å². The lowest BCUT2D eigenvalue weighted by Gasteiger charge is -2.19. The summed E-state index contributed by atoms with van der Waals surface area (Å²) in [6, 6.07) is 17.5. The van der Waals surface area contributed by atoms with Gasteiger partial charge in [0.15, 0.2) is 11.0 Å². The Labute approximate surface area is 225 Å². The minimum absolute atomic E-state index is 0.220. The Morgan fingerprint density at radius 1 is 0.895 bits per heavy atom. The summed E-state index contributed by atoms with van der Waals surface area (Å²) >= 11 is 1.55. The largest absolute Gasteiger partial charge is 0.305 e. The summed E-state index contributed by atoms with van der Waals surface area (Å²) in [6.07, 6.45) is 2.61. The molecule has 0 amide bonds. The van der Waals surface area contributed by atoms with Crippen molar-refractivity contribution >= 4 is 21.6 Å². The number of sulfone groups is 1. The Kier molecular flexibility index (Phi) is 7.92. The van der Waals surface area contributed by atoms with Crippen molar-refractivity contribution < 1.29 is 17.2 Å². The van der Waals surface area contributed by atoms with Gasteiger partial charge in [-0.2, -0.15) is 0 Å². The quantitative estimate of drug-likeness (QED) is 0.221. The first-order valence-corrected chi connectivity index (χ1v) is 14.9. The van der Waals surface area contributed by atoms with Crippen LogP contribution in [0.3, 0.4) is 0 Å². The molecule has 2 heterocycles. The maximum Gasteiger partial charge on any atom is 0.206 e. The van der Waals surface area contributed by atoms with Crippen LogP contribution in [0.25, 0.3) is 11.4 Å².